The van der Waals surface area contributed by atoms with Crippen LogP contribution in [0.25, 0.3) is 22.1 Å². The Kier molecular flexibility index (Phi) is 5.06. The fraction of sp³-hybridized carbons (Fsp3) is 0.0435. The van der Waals surface area contributed by atoms with Crippen LogP contribution < -0.4 is 15.7 Å². The number of hydrogen-bond donors (Lipinski definition) is 1. The van der Waals surface area contributed by atoms with Gasteiger partial charge in [0.1, 0.15) is 11.3 Å². The van der Waals surface area contributed by atoms with Crippen molar-refractivity contribution in [3.8, 4) is 16.9 Å². The van der Waals surface area contributed by atoms with Gasteiger partial charge in [-0.15, -0.1) is 0 Å². The maximum absolute atomic E-state index is 12.6. The van der Waals surface area contributed by atoms with E-state index in [0.29, 0.717) is 38.7 Å². The van der Waals surface area contributed by atoms with Crippen molar-refractivity contribution in [2.24, 2.45) is 0 Å². The first-order valence-corrected chi connectivity index (χ1v) is 9.21. The largest absolute Gasteiger partial charge is 0.495 e. The lowest BCUT2D eigenvalue weighted by Crippen LogP contribution is -2.13. The molecule has 6 heteroatoms. The second-order valence-electron chi connectivity index (χ2n) is 6.36. The number of benzene rings is 3. The van der Waals surface area contributed by atoms with Gasteiger partial charge in [0.2, 0.25) is 0 Å². The molecule has 5 nitrogen and oxygen atoms in total. The molecular weight excluding hydrogens is 390 g/mol. The first-order chi connectivity index (χ1) is 14.0. The number of para-hydroxylation sites is 1. The molecule has 0 bridgehead atoms. The Labute approximate surface area is 171 Å². The molecule has 29 heavy (non-hydrogen) atoms. The minimum atomic E-state index is -0.455. The minimum Gasteiger partial charge on any atom is -0.495 e. The van der Waals surface area contributed by atoms with Crippen LogP contribution in [0, 0.1) is 0 Å². The topological polar surface area (TPSA) is 68.5 Å². The number of ether oxygens (including phenoxy) is 1. The minimum absolute atomic E-state index is 0.317. The fourth-order valence-corrected chi connectivity index (χ4v) is 3.16. The summed E-state index contributed by atoms with van der Waals surface area (Å²) in [5.74, 6) is 0.156. The quantitative estimate of drug-likeness (QED) is 0.463. The molecule has 0 atom stereocenters. The van der Waals surface area contributed by atoms with Crippen molar-refractivity contribution in [2.75, 3.05) is 12.4 Å². The van der Waals surface area contributed by atoms with Crippen LogP contribution in [0.5, 0.6) is 5.75 Å². The molecule has 4 aromatic rings. The molecule has 3 aromatic carbocycles. The zero-order chi connectivity index (χ0) is 20.4. The van der Waals surface area contributed by atoms with E-state index in [1.165, 1.54) is 7.11 Å². The summed E-state index contributed by atoms with van der Waals surface area (Å²) in [7, 11) is 1.51. The molecule has 0 aliphatic rings. The number of carbonyl (C=O) groups excluding carboxylic acids is 1. The summed E-state index contributed by atoms with van der Waals surface area (Å²) in [6.45, 7) is 0. The predicted octanol–water partition coefficient (Wildman–Crippen LogP) is 5.37. The van der Waals surface area contributed by atoms with Gasteiger partial charge >= 0.3 is 5.63 Å². The normalized spacial score (nSPS) is 10.7. The van der Waals surface area contributed by atoms with Crippen LogP contribution in [0.15, 0.2) is 82.0 Å². The third-order valence-corrected chi connectivity index (χ3v) is 4.76. The summed E-state index contributed by atoms with van der Waals surface area (Å²) in [6, 6.07) is 20.7. The Morgan fingerprint density at radius 2 is 1.76 bits per heavy atom. The highest BCUT2D eigenvalue weighted by atomic mass is 35.5. The van der Waals surface area contributed by atoms with Gasteiger partial charge in [0.25, 0.3) is 5.91 Å². The van der Waals surface area contributed by atoms with Crippen molar-refractivity contribution in [3.63, 3.8) is 0 Å². The summed E-state index contributed by atoms with van der Waals surface area (Å²) in [5, 5.41) is 4.18. The first-order valence-electron chi connectivity index (χ1n) is 8.83. The lowest BCUT2D eigenvalue weighted by atomic mass is 10.0. The third-order valence-electron chi connectivity index (χ3n) is 4.51. The van der Waals surface area contributed by atoms with Crippen LogP contribution >= 0.6 is 11.6 Å². The van der Waals surface area contributed by atoms with E-state index < -0.39 is 5.63 Å². The molecule has 0 fully saturated rings. The second-order valence-corrected chi connectivity index (χ2v) is 6.80. The molecule has 0 radical (unpaired) electrons. The highest BCUT2D eigenvalue weighted by Crippen LogP contribution is 2.31. The van der Waals surface area contributed by atoms with Gasteiger partial charge in [-0.1, -0.05) is 35.9 Å². The standard InChI is InChI=1S/C23H16ClNO4/c1-28-21-11-8-15(18-12-16-4-2-3-5-20(16)29-23(18)27)13-19(21)25-22(26)14-6-9-17(24)10-7-14/h2-13H,1H3,(H,25,26). The highest BCUT2D eigenvalue weighted by Gasteiger charge is 2.14. The molecule has 0 unspecified atom stereocenters. The van der Waals surface area contributed by atoms with Crippen LogP contribution in [0.4, 0.5) is 5.69 Å². The zero-order valence-electron chi connectivity index (χ0n) is 15.4. The molecule has 144 valence electrons. The van der Waals surface area contributed by atoms with Crippen molar-refractivity contribution in [1.82, 2.24) is 0 Å². The van der Waals surface area contributed by atoms with Crippen LogP contribution in [-0.4, -0.2) is 13.0 Å². The molecule has 0 spiro atoms. The van der Waals surface area contributed by atoms with Gasteiger partial charge in [-0.05, 0) is 54.1 Å². The summed E-state index contributed by atoms with van der Waals surface area (Å²) < 4.78 is 10.8. The Balaban J connectivity index is 1.74. The van der Waals surface area contributed by atoms with E-state index in [-0.39, 0.29) is 5.91 Å². The summed E-state index contributed by atoms with van der Waals surface area (Å²) in [6.07, 6.45) is 0. The van der Waals surface area contributed by atoms with Gasteiger partial charge in [-0.25, -0.2) is 4.79 Å². The van der Waals surface area contributed by atoms with Gasteiger partial charge < -0.3 is 14.5 Å². The van der Waals surface area contributed by atoms with Crippen molar-refractivity contribution >= 4 is 34.2 Å². The number of carbonyl (C=O) groups is 1. The monoisotopic (exact) mass is 405 g/mol. The first kappa shape index (κ1) is 18.8. The second kappa shape index (κ2) is 7.81. The smallest absolute Gasteiger partial charge is 0.344 e. The van der Waals surface area contributed by atoms with Crippen molar-refractivity contribution in [3.05, 3.63) is 93.8 Å². The molecule has 0 aliphatic heterocycles. The van der Waals surface area contributed by atoms with E-state index in [1.807, 2.05) is 18.2 Å². The van der Waals surface area contributed by atoms with Gasteiger partial charge in [0.05, 0.1) is 18.4 Å². The Bertz CT molecular complexity index is 1260. The van der Waals surface area contributed by atoms with E-state index in [1.54, 1.807) is 54.6 Å². The van der Waals surface area contributed by atoms with Crippen LogP contribution in [0.3, 0.4) is 0 Å². The molecule has 1 N–H and O–H groups in total. The lowest BCUT2D eigenvalue weighted by molar-refractivity contribution is 0.102. The predicted molar refractivity (Wildman–Crippen MR) is 114 cm³/mol. The van der Waals surface area contributed by atoms with Crippen LogP contribution in [0.1, 0.15) is 10.4 Å². The van der Waals surface area contributed by atoms with Gasteiger partial charge in [0, 0.05) is 16.0 Å². The van der Waals surface area contributed by atoms with Gasteiger partial charge in [-0.3, -0.25) is 4.79 Å². The maximum atomic E-state index is 12.6. The maximum Gasteiger partial charge on any atom is 0.344 e. The summed E-state index contributed by atoms with van der Waals surface area (Å²) in [5.41, 5.74) is 1.96. The molecule has 1 amide bonds. The van der Waals surface area contributed by atoms with E-state index in [0.717, 1.165) is 5.39 Å². The van der Waals surface area contributed by atoms with E-state index >= 15 is 0 Å². The molecule has 0 aliphatic carbocycles. The third kappa shape index (κ3) is 3.86. The van der Waals surface area contributed by atoms with Crippen molar-refractivity contribution in [2.45, 2.75) is 0 Å². The fourth-order valence-electron chi connectivity index (χ4n) is 3.03. The number of hydrogen-bond acceptors (Lipinski definition) is 4. The summed E-state index contributed by atoms with van der Waals surface area (Å²) in [4.78, 5) is 25.1. The van der Waals surface area contributed by atoms with Gasteiger partial charge in [-0.2, -0.15) is 0 Å². The number of methoxy groups -OCH3 is 1. The van der Waals surface area contributed by atoms with Gasteiger partial charge in [0.15, 0.2) is 0 Å². The van der Waals surface area contributed by atoms with Crippen LogP contribution in [0.2, 0.25) is 5.02 Å². The van der Waals surface area contributed by atoms with E-state index in [2.05, 4.69) is 5.32 Å². The molecule has 0 saturated carbocycles. The molecule has 1 heterocycles. The Hall–Kier alpha value is -3.57. The van der Waals surface area contributed by atoms with Crippen LogP contribution in [-0.2, 0) is 0 Å². The summed E-state index contributed by atoms with van der Waals surface area (Å²) >= 11 is 5.88. The van der Waals surface area contributed by atoms with Crippen molar-refractivity contribution in [1.29, 1.82) is 0 Å². The Morgan fingerprint density at radius 3 is 2.52 bits per heavy atom. The average Bonchev–Trinajstić information content (AvgIpc) is 2.73. The number of rotatable bonds is 4. The van der Waals surface area contributed by atoms with Crippen molar-refractivity contribution < 1.29 is 13.9 Å². The molecule has 1 aromatic heterocycles. The number of fused-ring (bicyclic) bond motifs is 1. The molecular formula is C23H16ClNO4. The lowest BCUT2D eigenvalue weighted by Gasteiger charge is -2.12. The number of halogens is 1. The SMILES string of the molecule is COc1ccc(-c2cc3ccccc3oc2=O)cc1NC(=O)c1ccc(Cl)cc1. The Morgan fingerprint density at radius 1 is 1.00 bits per heavy atom. The van der Waals surface area contributed by atoms with E-state index in [9.17, 15) is 9.59 Å². The average molecular weight is 406 g/mol. The number of amides is 1. The number of anilines is 1. The molecule has 4 rings (SSSR count). The molecule has 0 saturated heterocycles. The number of nitrogens with one attached hydrogen (secondary N) is 1. The van der Waals surface area contributed by atoms with E-state index in [4.69, 9.17) is 20.8 Å². The zero-order valence-corrected chi connectivity index (χ0v) is 16.2. The highest BCUT2D eigenvalue weighted by molar-refractivity contribution is 6.30.